The fourth-order valence-corrected chi connectivity index (χ4v) is 3.40. The molecule has 0 fully saturated rings. The first-order valence-corrected chi connectivity index (χ1v) is 10.2. The number of nitrogens with one attached hydrogen (secondary N) is 1. The van der Waals surface area contributed by atoms with Gasteiger partial charge in [-0.15, -0.1) is 0 Å². The maximum absolute atomic E-state index is 13.1. The van der Waals surface area contributed by atoms with Crippen LogP contribution in [-0.4, -0.2) is 25.0 Å². The molecule has 0 bridgehead atoms. The van der Waals surface area contributed by atoms with Crippen molar-refractivity contribution < 1.29 is 14.3 Å². The summed E-state index contributed by atoms with van der Waals surface area (Å²) >= 11 is 6.12. The normalized spacial score (nSPS) is 15.5. The van der Waals surface area contributed by atoms with Gasteiger partial charge in [0.05, 0.1) is 21.7 Å². The Balaban J connectivity index is 1.89. The van der Waals surface area contributed by atoms with E-state index in [0.29, 0.717) is 34.5 Å². The minimum Gasteiger partial charge on any atom is -0.490 e. The van der Waals surface area contributed by atoms with Crippen molar-refractivity contribution in [2.45, 2.75) is 34.1 Å². The van der Waals surface area contributed by atoms with Crippen molar-refractivity contribution >= 4 is 34.8 Å². The van der Waals surface area contributed by atoms with Crippen LogP contribution in [0.4, 0.5) is 11.4 Å². The van der Waals surface area contributed by atoms with E-state index in [1.807, 2.05) is 24.8 Å². The largest absolute Gasteiger partial charge is 0.490 e. The minimum atomic E-state index is -0.628. The third-order valence-corrected chi connectivity index (χ3v) is 5.30. The second-order valence-electron chi connectivity index (χ2n) is 8.43. The molecule has 0 saturated heterocycles. The van der Waals surface area contributed by atoms with Gasteiger partial charge in [-0.05, 0) is 50.5 Å². The molecule has 0 saturated carbocycles. The Labute approximate surface area is 177 Å². The van der Waals surface area contributed by atoms with Crippen LogP contribution in [0.5, 0.6) is 5.75 Å². The van der Waals surface area contributed by atoms with Gasteiger partial charge in [0.1, 0.15) is 12.4 Å². The Bertz CT molecular complexity index is 924. The summed E-state index contributed by atoms with van der Waals surface area (Å²) in [6.45, 7) is 8.96. The van der Waals surface area contributed by atoms with Gasteiger partial charge in [0.2, 0.25) is 5.91 Å². The number of halogens is 1. The molecule has 0 aliphatic carbocycles. The topological polar surface area (TPSA) is 58.6 Å². The Morgan fingerprint density at radius 3 is 2.66 bits per heavy atom. The van der Waals surface area contributed by atoms with E-state index >= 15 is 0 Å². The number of hydrogen-bond acceptors (Lipinski definition) is 3. The number of nitrogens with zero attached hydrogens (tertiary/aromatic N) is 1. The lowest BCUT2D eigenvalue weighted by Crippen LogP contribution is -2.42. The summed E-state index contributed by atoms with van der Waals surface area (Å²) < 4.78 is 5.98. The van der Waals surface area contributed by atoms with Crippen molar-refractivity contribution in [2.24, 2.45) is 11.3 Å². The quantitative estimate of drug-likeness (QED) is 0.713. The summed E-state index contributed by atoms with van der Waals surface area (Å²) in [4.78, 5) is 27.5. The second kappa shape index (κ2) is 8.46. The lowest BCUT2D eigenvalue weighted by atomic mass is 9.92. The van der Waals surface area contributed by atoms with Crippen molar-refractivity contribution in [3.63, 3.8) is 0 Å². The van der Waals surface area contributed by atoms with Crippen LogP contribution >= 0.6 is 11.6 Å². The van der Waals surface area contributed by atoms with Gasteiger partial charge >= 0.3 is 0 Å². The molecule has 2 aromatic carbocycles. The molecular weight excluding hydrogens is 388 g/mol. The lowest BCUT2D eigenvalue weighted by Gasteiger charge is -2.28. The summed E-state index contributed by atoms with van der Waals surface area (Å²) in [6, 6.07) is 12.3. The molecule has 0 unspecified atom stereocenters. The van der Waals surface area contributed by atoms with E-state index in [1.165, 1.54) is 0 Å². The Kier molecular flexibility index (Phi) is 6.18. The van der Waals surface area contributed by atoms with Crippen LogP contribution < -0.4 is 15.0 Å². The fourth-order valence-electron chi connectivity index (χ4n) is 3.18. The van der Waals surface area contributed by atoms with Gasteiger partial charge in [-0.25, -0.2) is 0 Å². The van der Waals surface area contributed by atoms with Crippen molar-refractivity contribution in [3.8, 4) is 5.75 Å². The predicted octanol–water partition coefficient (Wildman–Crippen LogP) is 5.39. The zero-order valence-electron chi connectivity index (χ0n) is 17.3. The number of rotatable bonds is 5. The zero-order chi connectivity index (χ0) is 21.2. The van der Waals surface area contributed by atoms with Gasteiger partial charge in [0.15, 0.2) is 0 Å². The molecule has 154 valence electrons. The molecule has 1 aliphatic rings. The van der Waals surface area contributed by atoms with Gasteiger partial charge in [0.25, 0.3) is 5.91 Å². The van der Waals surface area contributed by atoms with Crippen LogP contribution in [0.1, 0.15) is 44.5 Å². The Morgan fingerprint density at radius 2 is 1.97 bits per heavy atom. The molecule has 6 heteroatoms. The Morgan fingerprint density at radius 1 is 1.24 bits per heavy atom. The van der Waals surface area contributed by atoms with Crippen LogP contribution in [0.2, 0.25) is 5.02 Å². The van der Waals surface area contributed by atoms with Gasteiger partial charge in [-0.2, -0.15) is 0 Å². The van der Waals surface area contributed by atoms with E-state index in [9.17, 15) is 9.59 Å². The van der Waals surface area contributed by atoms with Crippen LogP contribution in [0.3, 0.4) is 0 Å². The summed E-state index contributed by atoms with van der Waals surface area (Å²) in [5.74, 6) is 0.819. The zero-order valence-corrected chi connectivity index (χ0v) is 18.0. The third-order valence-electron chi connectivity index (χ3n) is 4.97. The number of carbonyl (C=O) groups excluding carboxylic acids is 2. The molecule has 0 radical (unpaired) electrons. The first kappa shape index (κ1) is 21.2. The van der Waals surface area contributed by atoms with E-state index in [0.717, 1.165) is 12.1 Å². The van der Waals surface area contributed by atoms with Crippen molar-refractivity contribution in [1.82, 2.24) is 0 Å². The first-order valence-electron chi connectivity index (χ1n) is 9.84. The minimum absolute atomic E-state index is 0.0461. The van der Waals surface area contributed by atoms with Crippen molar-refractivity contribution in [3.05, 3.63) is 53.1 Å². The van der Waals surface area contributed by atoms with Crippen LogP contribution in [0.15, 0.2) is 42.5 Å². The number of fused-ring (bicyclic) bond motifs is 1. The number of hydrogen-bond donors (Lipinski definition) is 1. The van der Waals surface area contributed by atoms with Gasteiger partial charge < -0.3 is 15.0 Å². The molecule has 2 aromatic rings. The molecule has 29 heavy (non-hydrogen) atoms. The fraction of sp³-hybridized carbons (Fsp3) is 0.391. The van der Waals surface area contributed by atoms with Crippen LogP contribution in [-0.2, 0) is 4.79 Å². The highest BCUT2D eigenvalue weighted by Gasteiger charge is 2.37. The standard InChI is InChI=1S/C23H27ClN2O3/c1-15(2)11-12-26-19-10-9-16(13-20(19)29-14-23(3,4)22(26)28)25-21(27)17-7-5-6-8-18(17)24/h5-10,13,15H,11-12,14H2,1-4H3,(H,25,27). The molecule has 0 atom stereocenters. The molecule has 5 nitrogen and oxygen atoms in total. The summed E-state index contributed by atoms with van der Waals surface area (Å²) in [5.41, 5.74) is 1.10. The number of amides is 2. The highest BCUT2D eigenvalue weighted by Crippen LogP contribution is 2.38. The monoisotopic (exact) mass is 414 g/mol. The lowest BCUT2D eigenvalue weighted by molar-refractivity contribution is -0.127. The summed E-state index contributed by atoms with van der Waals surface area (Å²) in [6.07, 6.45) is 0.895. The number of benzene rings is 2. The molecule has 1 heterocycles. The number of anilines is 2. The molecule has 3 rings (SSSR count). The second-order valence-corrected chi connectivity index (χ2v) is 8.84. The Hall–Kier alpha value is -2.53. The van der Waals surface area contributed by atoms with Gasteiger partial charge in [-0.3, -0.25) is 9.59 Å². The number of ether oxygens (including phenoxy) is 1. The predicted molar refractivity (Wildman–Crippen MR) is 117 cm³/mol. The molecule has 1 N–H and O–H groups in total. The van der Waals surface area contributed by atoms with Gasteiger partial charge in [-0.1, -0.05) is 37.6 Å². The first-order chi connectivity index (χ1) is 13.7. The van der Waals surface area contributed by atoms with Crippen LogP contribution in [0.25, 0.3) is 0 Å². The summed E-state index contributed by atoms with van der Waals surface area (Å²) in [7, 11) is 0. The van der Waals surface area contributed by atoms with E-state index in [-0.39, 0.29) is 18.4 Å². The number of carbonyl (C=O) groups is 2. The average molecular weight is 415 g/mol. The highest BCUT2D eigenvalue weighted by atomic mass is 35.5. The van der Waals surface area contributed by atoms with Crippen molar-refractivity contribution in [2.75, 3.05) is 23.4 Å². The molecule has 0 aromatic heterocycles. The third kappa shape index (κ3) is 4.73. The molecule has 0 spiro atoms. The van der Waals surface area contributed by atoms with E-state index in [2.05, 4.69) is 19.2 Å². The molecular formula is C23H27ClN2O3. The van der Waals surface area contributed by atoms with E-state index in [1.54, 1.807) is 36.4 Å². The summed E-state index contributed by atoms with van der Waals surface area (Å²) in [5, 5.41) is 3.25. The highest BCUT2D eigenvalue weighted by molar-refractivity contribution is 6.34. The molecule has 1 aliphatic heterocycles. The smallest absolute Gasteiger partial charge is 0.257 e. The van der Waals surface area contributed by atoms with Crippen molar-refractivity contribution in [1.29, 1.82) is 0 Å². The average Bonchev–Trinajstić information content (AvgIpc) is 2.75. The van der Waals surface area contributed by atoms with Gasteiger partial charge in [0, 0.05) is 18.3 Å². The van der Waals surface area contributed by atoms with E-state index < -0.39 is 5.41 Å². The maximum Gasteiger partial charge on any atom is 0.257 e. The van der Waals surface area contributed by atoms with Crippen LogP contribution in [0, 0.1) is 11.3 Å². The van der Waals surface area contributed by atoms with E-state index in [4.69, 9.17) is 16.3 Å². The maximum atomic E-state index is 13.1. The SMILES string of the molecule is CC(C)CCN1C(=O)C(C)(C)COc2cc(NC(=O)c3ccccc3Cl)ccc21. The molecule has 2 amide bonds.